The zero-order chi connectivity index (χ0) is 16.1. The van der Waals surface area contributed by atoms with Crippen LogP contribution in [0.15, 0.2) is 24.3 Å². The summed E-state index contributed by atoms with van der Waals surface area (Å²) >= 11 is 0.818. The molecule has 0 saturated carbocycles. The van der Waals surface area contributed by atoms with Crippen LogP contribution in [0.25, 0.3) is 0 Å². The van der Waals surface area contributed by atoms with Crippen LogP contribution in [-0.2, 0) is 9.53 Å². The molecule has 1 aliphatic rings. The van der Waals surface area contributed by atoms with Crippen LogP contribution >= 0.6 is 11.3 Å². The van der Waals surface area contributed by atoms with Crippen molar-refractivity contribution in [1.29, 1.82) is 0 Å². The van der Waals surface area contributed by atoms with Crippen LogP contribution in [0.1, 0.15) is 29.4 Å². The molecular formula is C14H16N2O5S. The van der Waals surface area contributed by atoms with E-state index in [9.17, 15) is 19.7 Å². The number of hydrogen-bond acceptors (Lipinski definition) is 6. The first-order valence-electron chi connectivity index (χ1n) is 6.87. The lowest BCUT2D eigenvalue weighted by molar-refractivity contribution is -0.380. The van der Waals surface area contributed by atoms with E-state index in [1.165, 1.54) is 17.0 Å². The SMILES string of the molecule is C/C=C/COC(=O)[C@@H]1CCCN1C(=O)c1ccc([N+](=O)[O-])s1. The first kappa shape index (κ1) is 16.2. The summed E-state index contributed by atoms with van der Waals surface area (Å²) in [4.78, 5) is 36.3. The Labute approximate surface area is 131 Å². The second-order valence-electron chi connectivity index (χ2n) is 4.75. The third-order valence-corrected chi connectivity index (χ3v) is 4.35. The second-order valence-corrected chi connectivity index (χ2v) is 5.81. The molecule has 8 heteroatoms. The van der Waals surface area contributed by atoms with Crippen molar-refractivity contribution in [2.75, 3.05) is 13.2 Å². The van der Waals surface area contributed by atoms with Crippen LogP contribution in [0, 0.1) is 10.1 Å². The molecule has 1 aliphatic heterocycles. The Hall–Kier alpha value is -2.22. The van der Waals surface area contributed by atoms with Crippen molar-refractivity contribution in [3.63, 3.8) is 0 Å². The zero-order valence-electron chi connectivity index (χ0n) is 12.1. The lowest BCUT2D eigenvalue weighted by Gasteiger charge is -2.22. The minimum absolute atomic E-state index is 0.0882. The molecule has 1 saturated heterocycles. The number of nitrogens with zero attached hydrogens (tertiary/aromatic N) is 2. The highest BCUT2D eigenvalue weighted by molar-refractivity contribution is 7.17. The van der Waals surface area contributed by atoms with Gasteiger partial charge in [-0.1, -0.05) is 23.5 Å². The molecular weight excluding hydrogens is 308 g/mol. The Morgan fingerprint density at radius 2 is 2.32 bits per heavy atom. The highest BCUT2D eigenvalue weighted by atomic mass is 32.1. The van der Waals surface area contributed by atoms with Gasteiger partial charge in [-0.2, -0.15) is 0 Å². The van der Waals surface area contributed by atoms with E-state index in [0.29, 0.717) is 19.4 Å². The maximum absolute atomic E-state index is 12.4. The van der Waals surface area contributed by atoms with E-state index < -0.39 is 16.9 Å². The fraction of sp³-hybridized carbons (Fsp3) is 0.429. The third kappa shape index (κ3) is 3.51. The summed E-state index contributed by atoms with van der Waals surface area (Å²) in [5.41, 5.74) is 0. The number of thiophene rings is 1. The molecule has 1 fully saturated rings. The molecule has 1 atom stereocenters. The molecule has 0 bridgehead atoms. The molecule has 2 heterocycles. The predicted molar refractivity (Wildman–Crippen MR) is 80.8 cm³/mol. The smallest absolute Gasteiger partial charge is 0.329 e. The van der Waals surface area contributed by atoms with Crippen molar-refractivity contribution in [2.24, 2.45) is 0 Å². The van der Waals surface area contributed by atoms with Crippen molar-refractivity contribution in [3.05, 3.63) is 39.3 Å². The Morgan fingerprint density at radius 1 is 1.55 bits per heavy atom. The van der Waals surface area contributed by atoms with Crippen LogP contribution in [0.4, 0.5) is 5.00 Å². The summed E-state index contributed by atoms with van der Waals surface area (Å²) < 4.78 is 5.10. The molecule has 0 aliphatic carbocycles. The topological polar surface area (TPSA) is 89.8 Å². The molecule has 1 amide bonds. The number of allylic oxidation sites excluding steroid dienone is 1. The fourth-order valence-electron chi connectivity index (χ4n) is 2.26. The van der Waals surface area contributed by atoms with Crippen LogP contribution in [-0.4, -0.2) is 40.9 Å². The Morgan fingerprint density at radius 3 is 2.95 bits per heavy atom. The molecule has 1 aromatic heterocycles. The van der Waals surface area contributed by atoms with Crippen molar-refractivity contribution in [1.82, 2.24) is 4.90 Å². The van der Waals surface area contributed by atoms with E-state index in [4.69, 9.17) is 4.74 Å². The van der Waals surface area contributed by atoms with E-state index >= 15 is 0 Å². The minimum atomic E-state index is -0.612. The van der Waals surface area contributed by atoms with E-state index in [-0.39, 0.29) is 22.4 Å². The number of esters is 1. The molecule has 0 radical (unpaired) electrons. The minimum Gasteiger partial charge on any atom is -0.460 e. The van der Waals surface area contributed by atoms with Gasteiger partial charge in [-0.3, -0.25) is 14.9 Å². The maximum Gasteiger partial charge on any atom is 0.329 e. The molecule has 118 valence electrons. The summed E-state index contributed by atoms with van der Waals surface area (Å²) in [6, 6.07) is 2.11. The fourth-order valence-corrected chi connectivity index (χ4v) is 3.04. The maximum atomic E-state index is 12.4. The van der Waals surface area contributed by atoms with Gasteiger partial charge in [0.2, 0.25) is 0 Å². The molecule has 0 aromatic carbocycles. The summed E-state index contributed by atoms with van der Waals surface area (Å²) in [6.45, 7) is 2.45. The number of nitro groups is 1. The number of carbonyl (C=O) groups excluding carboxylic acids is 2. The number of rotatable bonds is 5. The van der Waals surface area contributed by atoms with Gasteiger partial charge in [0.25, 0.3) is 5.91 Å². The second kappa shape index (κ2) is 7.17. The number of likely N-dealkylation sites (tertiary alicyclic amines) is 1. The molecule has 0 N–H and O–H groups in total. The van der Waals surface area contributed by atoms with Gasteiger partial charge in [0.15, 0.2) is 0 Å². The predicted octanol–water partition coefficient (Wildman–Crippen LogP) is 2.38. The van der Waals surface area contributed by atoms with E-state index in [1.54, 1.807) is 12.2 Å². The number of ether oxygens (including phenoxy) is 1. The standard InChI is InChI=1S/C14H16N2O5S/c1-2-3-9-21-14(18)10-5-4-8-15(10)13(17)11-6-7-12(22-11)16(19)20/h2-3,6-7,10H,4-5,8-9H2,1H3/b3-2+/t10-/m0/s1. The largest absolute Gasteiger partial charge is 0.460 e. The molecule has 7 nitrogen and oxygen atoms in total. The average Bonchev–Trinajstić information content (AvgIpc) is 3.16. The molecule has 2 rings (SSSR count). The first-order valence-corrected chi connectivity index (χ1v) is 7.69. The van der Waals surface area contributed by atoms with Gasteiger partial charge < -0.3 is 9.64 Å². The van der Waals surface area contributed by atoms with Gasteiger partial charge in [-0.15, -0.1) is 0 Å². The van der Waals surface area contributed by atoms with Crippen LogP contribution in [0.2, 0.25) is 0 Å². The van der Waals surface area contributed by atoms with Gasteiger partial charge in [-0.05, 0) is 25.8 Å². The van der Waals surface area contributed by atoms with Gasteiger partial charge in [0.1, 0.15) is 12.6 Å². The zero-order valence-corrected chi connectivity index (χ0v) is 12.9. The Kier molecular flexibility index (Phi) is 5.26. The Balaban J connectivity index is 2.07. The van der Waals surface area contributed by atoms with E-state index in [0.717, 1.165) is 11.3 Å². The lowest BCUT2D eigenvalue weighted by Crippen LogP contribution is -2.41. The molecule has 22 heavy (non-hydrogen) atoms. The highest BCUT2D eigenvalue weighted by Gasteiger charge is 2.36. The first-order chi connectivity index (χ1) is 10.5. The van der Waals surface area contributed by atoms with Crippen molar-refractivity contribution in [3.8, 4) is 0 Å². The van der Waals surface area contributed by atoms with E-state index in [2.05, 4.69) is 0 Å². The lowest BCUT2D eigenvalue weighted by atomic mass is 10.2. The van der Waals surface area contributed by atoms with Crippen LogP contribution < -0.4 is 0 Å². The summed E-state index contributed by atoms with van der Waals surface area (Å²) in [5, 5.41) is 10.6. The number of hydrogen-bond donors (Lipinski definition) is 0. The summed E-state index contributed by atoms with van der Waals surface area (Å²) in [5.74, 6) is -0.793. The van der Waals surface area contributed by atoms with Crippen molar-refractivity contribution in [2.45, 2.75) is 25.8 Å². The van der Waals surface area contributed by atoms with Crippen LogP contribution in [0.5, 0.6) is 0 Å². The van der Waals surface area contributed by atoms with Gasteiger partial charge in [0.05, 0.1) is 9.80 Å². The van der Waals surface area contributed by atoms with E-state index in [1.807, 2.05) is 6.92 Å². The van der Waals surface area contributed by atoms with Gasteiger partial charge in [-0.25, -0.2) is 4.79 Å². The normalized spacial score (nSPS) is 17.9. The molecule has 1 aromatic rings. The van der Waals surface area contributed by atoms with Gasteiger partial charge >= 0.3 is 11.0 Å². The summed E-state index contributed by atoms with van der Waals surface area (Å²) in [6.07, 6.45) is 4.74. The van der Waals surface area contributed by atoms with Crippen molar-refractivity contribution >= 4 is 28.2 Å². The van der Waals surface area contributed by atoms with Gasteiger partial charge in [0, 0.05) is 12.6 Å². The third-order valence-electron chi connectivity index (χ3n) is 3.33. The summed E-state index contributed by atoms with van der Waals surface area (Å²) in [7, 11) is 0. The van der Waals surface area contributed by atoms with Crippen molar-refractivity contribution < 1.29 is 19.2 Å². The molecule has 0 unspecified atom stereocenters. The molecule has 0 spiro atoms. The Bertz CT molecular complexity index is 610. The number of carbonyl (C=O) groups is 2. The monoisotopic (exact) mass is 324 g/mol. The average molecular weight is 324 g/mol. The number of amides is 1. The highest BCUT2D eigenvalue weighted by Crippen LogP contribution is 2.28. The van der Waals surface area contributed by atoms with Crippen LogP contribution in [0.3, 0.4) is 0 Å². The quantitative estimate of drug-likeness (QED) is 0.359.